The second-order valence-corrected chi connectivity index (χ2v) is 9.48. The van der Waals surface area contributed by atoms with E-state index in [4.69, 9.17) is 12.2 Å². The van der Waals surface area contributed by atoms with Gasteiger partial charge in [0.05, 0.1) is 11.5 Å². The minimum atomic E-state index is -2.94. The highest BCUT2D eigenvalue weighted by molar-refractivity contribution is 7.91. The predicted octanol–water partition coefficient (Wildman–Crippen LogP) is 2.05. The Morgan fingerprint density at radius 2 is 1.83 bits per heavy atom. The molecule has 1 fully saturated rings. The van der Waals surface area contributed by atoms with Crippen molar-refractivity contribution in [2.24, 2.45) is 0 Å². The number of nitrogens with one attached hydrogen (secondary N) is 1. The Labute approximate surface area is 150 Å². The van der Waals surface area contributed by atoms with E-state index in [2.05, 4.69) is 42.3 Å². The molecule has 1 heterocycles. The highest BCUT2D eigenvalue weighted by Crippen LogP contribution is 2.20. The third-order valence-electron chi connectivity index (χ3n) is 4.17. The van der Waals surface area contributed by atoms with Crippen molar-refractivity contribution in [3.63, 3.8) is 0 Å². The van der Waals surface area contributed by atoms with Crippen molar-refractivity contribution < 1.29 is 8.42 Å². The van der Waals surface area contributed by atoms with Crippen LogP contribution in [0.5, 0.6) is 0 Å². The van der Waals surface area contributed by atoms with E-state index in [0.717, 1.165) is 12.2 Å². The molecule has 0 saturated carbocycles. The Kier molecular flexibility index (Phi) is 6.22. The summed E-state index contributed by atoms with van der Waals surface area (Å²) in [4.78, 5) is 4.12. The molecule has 0 radical (unpaired) electrons. The van der Waals surface area contributed by atoms with Gasteiger partial charge in [-0.25, -0.2) is 8.42 Å². The highest BCUT2D eigenvalue weighted by atomic mass is 32.2. The number of aryl methyl sites for hydroxylation is 2. The van der Waals surface area contributed by atoms with Gasteiger partial charge in [0.1, 0.15) is 0 Å². The molecule has 0 aliphatic carbocycles. The van der Waals surface area contributed by atoms with Crippen molar-refractivity contribution in [1.29, 1.82) is 0 Å². The van der Waals surface area contributed by atoms with E-state index in [-0.39, 0.29) is 17.5 Å². The van der Waals surface area contributed by atoms with Crippen LogP contribution in [0.25, 0.3) is 0 Å². The standard InChI is InChI=1S/C17H27N3O2S2/c1-13-9-14(2)11-15(10-13)18-17(23)20(7-6-19(3)4)16-5-8-24(21,22)12-16/h9-11,16H,5-8,12H2,1-4H3,(H,18,23)/t16-/m1/s1. The lowest BCUT2D eigenvalue weighted by Crippen LogP contribution is -2.46. The monoisotopic (exact) mass is 369 g/mol. The number of benzene rings is 1. The summed E-state index contributed by atoms with van der Waals surface area (Å²) in [6.07, 6.45) is 0.643. The Bertz CT molecular complexity index is 682. The van der Waals surface area contributed by atoms with Crippen molar-refractivity contribution in [2.75, 3.05) is 44.0 Å². The van der Waals surface area contributed by atoms with Gasteiger partial charge in [-0.3, -0.25) is 0 Å². The first kappa shape index (κ1) is 19.1. The van der Waals surface area contributed by atoms with E-state index in [1.165, 1.54) is 11.1 Å². The van der Waals surface area contributed by atoms with Crippen LogP contribution in [-0.4, -0.2) is 68.1 Å². The summed E-state index contributed by atoms with van der Waals surface area (Å²) < 4.78 is 23.7. The Hall–Kier alpha value is -1.18. The summed E-state index contributed by atoms with van der Waals surface area (Å²) in [5.41, 5.74) is 3.29. The minimum Gasteiger partial charge on any atom is -0.344 e. The van der Waals surface area contributed by atoms with Crippen LogP contribution < -0.4 is 5.32 Å². The molecule has 1 aliphatic heterocycles. The van der Waals surface area contributed by atoms with Gasteiger partial charge in [0.25, 0.3) is 0 Å². The normalized spacial score (nSPS) is 19.5. The molecule has 0 unspecified atom stereocenters. The molecule has 1 N–H and O–H groups in total. The predicted molar refractivity (Wildman–Crippen MR) is 104 cm³/mol. The molecular weight excluding hydrogens is 342 g/mol. The molecule has 1 atom stereocenters. The van der Waals surface area contributed by atoms with Gasteiger partial charge in [0.2, 0.25) is 0 Å². The average Bonchev–Trinajstić information content (AvgIpc) is 2.77. The second-order valence-electron chi connectivity index (χ2n) is 6.86. The summed E-state index contributed by atoms with van der Waals surface area (Å²) in [6.45, 7) is 5.64. The number of rotatable bonds is 5. The molecule has 2 rings (SSSR count). The van der Waals surface area contributed by atoms with Crippen LogP contribution in [0.2, 0.25) is 0 Å². The zero-order valence-electron chi connectivity index (χ0n) is 14.9. The maximum atomic E-state index is 11.9. The highest BCUT2D eigenvalue weighted by Gasteiger charge is 2.33. The number of thiocarbonyl (C=S) groups is 1. The lowest BCUT2D eigenvalue weighted by Gasteiger charge is -2.32. The van der Waals surface area contributed by atoms with Crippen LogP contribution >= 0.6 is 12.2 Å². The van der Waals surface area contributed by atoms with Crippen LogP contribution in [0.1, 0.15) is 17.5 Å². The van der Waals surface area contributed by atoms with Crippen molar-refractivity contribution in [3.05, 3.63) is 29.3 Å². The number of likely N-dealkylation sites (N-methyl/N-ethyl adjacent to an activating group) is 1. The van der Waals surface area contributed by atoms with Gasteiger partial charge >= 0.3 is 0 Å². The molecule has 1 aromatic carbocycles. The molecule has 0 bridgehead atoms. The summed E-state index contributed by atoms with van der Waals surface area (Å²) in [5.74, 6) is 0.442. The number of nitrogens with zero attached hydrogens (tertiary/aromatic N) is 2. The van der Waals surface area contributed by atoms with Gasteiger partial charge < -0.3 is 15.1 Å². The summed E-state index contributed by atoms with van der Waals surface area (Å²) in [5, 5.41) is 3.90. The second kappa shape index (κ2) is 7.80. The van der Waals surface area contributed by atoms with Crippen molar-refractivity contribution in [3.8, 4) is 0 Å². The lowest BCUT2D eigenvalue weighted by molar-refractivity contribution is 0.289. The molecule has 0 spiro atoms. The third kappa shape index (κ3) is 5.43. The third-order valence-corrected chi connectivity index (χ3v) is 6.26. The van der Waals surface area contributed by atoms with Crippen LogP contribution in [0.4, 0.5) is 5.69 Å². The van der Waals surface area contributed by atoms with E-state index < -0.39 is 9.84 Å². The quantitative estimate of drug-likeness (QED) is 0.802. The number of anilines is 1. The van der Waals surface area contributed by atoms with Crippen molar-refractivity contribution in [1.82, 2.24) is 9.80 Å². The van der Waals surface area contributed by atoms with Crippen molar-refractivity contribution >= 4 is 32.9 Å². The molecule has 1 aromatic rings. The van der Waals surface area contributed by atoms with Crippen LogP contribution in [-0.2, 0) is 9.84 Å². The number of sulfone groups is 1. The van der Waals surface area contributed by atoms with Gasteiger partial charge in [-0.2, -0.15) is 0 Å². The Morgan fingerprint density at radius 3 is 2.33 bits per heavy atom. The Morgan fingerprint density at radius 1 is 1.21 bits per heavy atom. The van der Waals surface area contributed by atoms with Gasteiger partial charge in [0, 0.05) is 24.8 Å². The fourth-order valence-corrected chi connectivity index (χ4v) is 5.11. The van der Waals surface area contributed by atoms with Gasteiger partial charge in [-0.15, -0.1) is 0 Å². The zero-order chi connectivity index (χ0) is 17.9. The van der Waals surface area contributed by atoms with E-state index in [9.17, 15) is 8.42 Å². The maximum Gasteiger partial charge on any atom is 0.173 e. The molecule has 7 heteroatoms. The molecule has 134 valence electrons. The summed E-state index contributed by atoms with van der Waals surface area (Å²) >= 11 is 5.61. The first-order valence-electron chi connectivity index (χ1n) is 8.17. The van der Waals surface area contributed by atoms with E-state index in [1.807, 2.05) is 19.0 Å². The lowest BCUT2D eigenvalue weighted by atomic mass is 10.1. The van der Waals surface area contributed by atoms with Gasteiger partial charge in [-0.1, -0.05) is 6.07 Å². The van der Waals surface area contributed by atoms with Crippen molar-refractivity contribution in [2.45, 2.75) is 26.3 Å². The number of hydrogen-bond donors (Lipinski definition) is 1. The number of hydrogen-bond acceptors (Lipinski definition) is 4. The smallest absolute Gasteiger partial charge is 0.173 e. The van der Waals surface area contributed by atoms with E-state index in [1.54, 1.807) is 0 Å². The molecule has 5 nitrogen and oxygen atoms in total. The first-order chi connectivity index (χ1) is 11.2. The fourth-order valence-electron chi connectivity index (χ4n) is 3.02. The van der Waals surface area contributed by atoms with Crippen LogP contribution in [0.3, 0.4) is 0 Å². The molecule has 0 amide bonds. The molecular formula is C17H27N3O2S2. The van der Waals surface area contributed by atoms with Crippen LogP contribution in [0, 0.1) is 13.8 Å². The molecule has 1 aliphatic rings. The molecule has 0 aromatic heterocycles. The minimum absolute atomic E-state index is 0.0409. The zero-order valence-corrected chi connectivity index (χ0v) is 16.5. The SMILES string of the molecule is Cc1cc(C)cc(NC(=S)N(CCN(C)C)[C@@H]2CCS(=O)(=O)C2)c1. The van der Waals surface area contributed by atoms with Gasteiger partial charge in [-0.05, 0) is 69.8 Å². The largest absolute Gasteiger partial charge is 0.344 e. The van der Waals surface area contributed by atoms with E-state index in [0.29, 0.717) is 18.1 Å². The maximum absolute atomic E-state index is 11.9. The summed E-state index contributed by atoms with van der Waals surface area (Å²) in [6, 6.07) is 6.17. The Balaban J connectivity index is 2.14. The van der Waals surface area contributed by atoms with Crippen LogP contribution in [0.15, 0.2) is 18.2 Å². The fraction of sp³-hybridized carbons (Fsp3) is 0.588. The van der Waals surface area contributed by atoms with Gasteiger partial charge in [0.15, 0.2) is 14.9 Å². The molecule has 24 heavy (non-hydrogen) atoms. The molecule has 1 saturated heterocycles. The summed E-state index contributed by atoms with van der Waals surface area (Å²) in [7, 11) is 1.07. The average molecular weight is 370 g/mol. The topological polar surface area (TPSA) is 52.6 Å². The van der Waals surface area contributed by atoms with E-state index >= 15 is 0 Å². The first-order valence-corrected chi connectivity index (χ1v) is 10.4.